The van der Waals surface area contributed by atoms with Gasteiger partial charge in [-0.3, -0.25) is 9.52 Å². The number of nitrogens with one attached hydrogen (secondary N) is 2. The van der Waals surface area contributed by atoms with Crippen molar-refractivity contribution in [3.05, 3.63) is 83.4 Å². The Morgan fingerprint density at radius 3 is 2.38 bits per heavy atom. The number of carbonyl (C=O) groups is 1. The molecule has 3 aromatic carbocycles. The Kier molecular flexibility index (Phi) is 7.12. The minimum absolute atomic E-state index is 0.0490. The quantitative estimate of drug-likeness (QED) is 0.458. The zero-order valence-corrected chi connectivity index (χ0v) is 18.3. The molecule has 0 aliphatic rings. The van der Waals surface area contributed by atoms with E-state index in [2.05, 4.69) is 10.0 Å². The van der Waals surface area contributed by atoms with Crippen molar-refractivity contribution in [3.8, 4) is 6.07 Å². The molecule has 0 aliphatic carbocycles. The number of hydrogen-bond donors (Lipinski definition) is 2. The average molecular weight is 474 g/mol. The molecule has 6 nitrogen and oxygen atoms in total. The molecule has 0 saturated heterocycles. The van der Waals surface area contributed by atoms with Gasteiger partial charge in [0.1, 0.15) is 0 Å². The number of nitrogens with zero attached hydrogens (tertiary/aromatic N) is 1. The van der Waals surface area contributed by atoms with Crippen LogP contribution in [0.1, 0.15) is 21.5 Å². The molecule has 0 spiro atoms. The van der Waals surface area contributed by atoms with Gasteiger partial charge in [-0.1, -0.05) is 23.9 Å². The number of hydrogen-bond acceptors (Lipinski definition) is 5. The lowest BCUT2D eigenvalue weighted by Gasteiger charge is -2.13. The standard InChI is InChI=1S/C22H17F2N3O3S2/c1-14-5-6-18(26-21(28)16-4-2-3-15(11-16)13-25)12-20(14)32(29,30)27-17-7-9-19(10-8-17)31-22(23)24/h2-12,22,27H,1H3,(H,26,28). The highest BCUT2D eigenvalue weighted by Crippen LogP contribution is 2.28. The van der Waals surface area contributed by atoms with Gasteiger partial charge in [0.15, 0.2) is 0 Å². The summed E-state index contributed by atoms with van der Waals surface area (Å²) in [6.07, 6.45) is 0. The number of anilines is 2. The third kappa shape index (κ3) is 5.84. The molecule has 0 bridgehead atoms. The number of amides is 1. The molecule has 3 aromatic rings. The van der Waals surface area contributed by atoms with Crippen LogP contribution < -0.4 is 10.0 Å². The molecule has 0 saturated carbocycles. The maximum Gasteiger partial charge on any atom is 0.288 e. The van der Waals surface area contributed by atoms with Crippen LogP contribution in [0.2, 0.25) is 0 Å². The van der Waals surface area contributed by atoms with E-state index < -0.39 is 21.7 Å². The first-order valence-electron chi connectivity index (χ1n) is 9.18. The van der Waals surface area contributed by atoms with E-state index in [9.17, 15) is 22.0 Å². The van der Waals surface area contributed by atoms with Crippen molar-refractivity contribution in [1.82, 2.24) is 0 Å². The van der Waals surface area contributed by atoms with E-state index in [0.29, 0.717) is 27.8 Å². The maximum absolute atomic E-state index is 12.9. The van der Waals surface area contributed by atoms with Gasteiger partial charge in [0.2, 0.25) is 0 Å². The normalized spacial score (nSPS) is 11.1. The number of aryl methyl sites for hydroxylation is 1. The summed E-state index contributed by atoms with van der Waals surface area (Å²) >= 11 is 0.363. The molecular formula is C22H17F2N3O3S2. The summed E-state index contributed by atoms with van der Waals surface area (Å²) in [5.41, 5.74) is 1.51. The minimum atomic E-state index is -4.01. The van der Waals surface area contributed by atoms with Crippen LogP contribution in [-0.4, -0.2) is 20.1 Å². The second-order valence-electron chi connectivity index (χ2n) is 6.64. The number of halogens is 2. The van der Waals surface area contributed by atoms with Gasteiger partial charge >= 0.3 is 0 Å². The highest BCUT2D eigenvalue weighted by Gasteiger charge is 2.19. The molecule has 2 N–H and O–H groups in total. The fraction of sp³-hybridized carbons (Fsp3) is 0.0909. The summed E-state index contributed by atoms with van der Waals surface area (Å²) in [4.78, 5) is 12.7. The van der Waals surface area contributed by atoms with Crippen LogP contribution in [0.25, 0.3) is 0 Å². The Morgan fingerprint density at radius 1 is 1.03 bits per heavy atom. The third-order valence-corrected chi connectivity index (χ3v) is 6.57. The first-order chi connectivity index (χ1) is 15.2. The highest BCUT2D eigenvalue weighted by molar-refractivity contribution is 7.99. The van der Waals surface area contributed by atoms with E-state index in [4.69, 9.17) is 5.26 Å². The molecule has 10 heteroatoms. The predicted molar refractivity (Wildman–Crippen MR) is 119 cm³/mol. The van der Waals surface area contributed by atoms with Gasteiger partial charge in [-0.05, 0) is 67.1 Å². The smallest absolute Gasteiger partial charge is 0.288 e. The van der Waals surface area contributed by atoms with Crippen LogP contribution in [0, 0.1) is 18.3 Å². The molecule has 0 aromatic heterocycles. The van der Waals surface area contributed by atoms with Crippen molar-refractivity contribution in [2.24, 2.45) is 0 Å². The summed E-state index contributed by atoms with van der Waals surface area (Å²) in [6, 6.07) is 18.1. The fourth-order valence-corrected chi connectivity index (χ4v) is 4.64. The zero-order valence-electron chi connectivity index (χ0n) is 16.7. The third-order valence-electron chi connectivity index (χ3n) is 4.32. The second-order valence-corrected chi connectivity index (χ2v) is 9.35. The number of thioether (sulfide) groups is 1. The summed E-state index contributed by atoms with van der Waals surface area (Å²) in [6.45, 7) is 1.61. The molecular weight excluding hydrogens is 456 g/mol. The Morgan fingerprint density at radius 2 is 1.72 bits per heavy atom. The molecule has 164 valence electrons. The summed E-state index contributed by atoms with van der Waals surface area (Å²) in [5, 5.41) is 11.6. The predicted octanol–water partition coefficient (Wildman–Crippen LogP) is 5.23. The van der Waals surface area contributed by atoms with Crippen molar-refractivity contribution in [2.45, 2.75) is 22.5 Å². The van der Waals surface area contributed by atoms with Gasteiger partial charge in [-0.15, -0.1) is 0 Å². The fourth-order valence-electron chi connectivity index (χ4n) is 2.82. The number of sulfonamides is 1. The van der Waals surface area contributed by atoms with E-state index in [-0.39, 0.29) is 21.8 Å². The molecule has 0 fully saturated rings. The van der Waals surface area contributed by atoms with Gasteiger partial charge in [0, 0.05) is 21.8 Å². The van der Waals surface area contributed by atoms with Gasteiger partial charge < -0.3 is 5.32 Å². The zero-order chi connectivity index (χ0) is 23.3. The van der Waals surface area contributed by atoms with Gasteiger partial charge in [0.25, 0.3) is 21.7 Å². The molecule has 32 heavy (non-hydrogen) atoms. The number of benzene rings is 3. The lowest BCUT2D eigenvalue weighted by molar-refractivity contribution is 0.102. The van der Waals surface area contributed by atoms with E-state index in [1.54, 1.807) is 37.3 Å². The van der Waals surface area contributed by atoms with E-state index in [0.717, 1.165) is 0 Å². The molecule has 1 amide bonds. The Bertz CT molecular complexity index is 1290. The van der Waals surface area contributed by atoms with Crippen LogP contribution >= 0.6 is 11.8 Å². The van der Waals surface area contributed by atoms with Crippen LogP contribution in [-0.2, 0) is 10.0 Å². The number of carbonyl (C=O) groups excluding carboxylic acids is 1. The summed E-state index contributed by atoms with van der Waals surface area (Å²) in [7, 11) is -4.01. The summed E-state index contributed by atoms with van der Waals surface area (Å²) in [5.74, 6) is -3.06. The van der Waals surface area contributed by atoms with Crippen molar-refractivity contribution < 1.29 is 22.0 Å². The SMILES string of the molecule is Cc1ccc(NC(=O)c2cccc(C#N)c2)cc1S(=O)(=O)Nc1ccc(SC(F)F)cc1. The first-order valence-corrected chi connectivity index (χ1v) is 11.5. The Balaban J connectivity index is 1.81. The van der Waals surface area contributed by atoms with Crippen molar-refractivity contribution >= 4 is 39.1 Å². The molecule has 0 unspecified atom stereocenters. The molecule has 0 heterocycles. The van der Waals surface area contributed by atoms with Crippen LogP contribution in [0.4, 0.5) is 20.2 Å². The largest absolute Gasteiger partial charge is 0.322 e. The average Bonchev–Trinajstić information content (AvgIpc) is 2.75. The molecule has 3 rings (SSSR count). The topological polar surface area (TPSA) is 99.1 Å². The van der Waals surface area contributed by atoms with Crippen LogP contribution in [0.3, 0.4) is 0 Å². The number of rotatable bonds is 7. The molecule has 0 atom stereocenters. The van der Waals surface area contributed by atoms with Crippen LogP contribution in [0.5, 0.6) is 0 Å². The van der Waals surface area contributed by atoms with Crippen LogP contribution in [0.15, 0.2) is 76.5 Å². The maximum atomic E-state index is 12.9. The highest BCUT2D eigenvalue weighted by atomic mass is 32.2. The minimum Gasteiger partial charge on any atom is -0.322 e. The molecule has 0 radical (unpaired) electrons. The monoisotopic (exact) mass is 473 g/mol. The van der Waals surface area contributed by atoms with E-state index >= 15 is 0 Å². The van der Waals surface area contributed by atoms with Crippen molar-refractivity contribution in [2.75, 3.05) is 10.0 Å². The van der Waals surface area contributed by atoms with Crippen molar-refractivity contribution in [1.29, 1.82) is 5.26 Å². The molecule has 0 aliphatic heterocycles. The van der Waals surface area contributed by atoms with Gasteiger partial charge in [0.05, 0.1) is 16.5 Å². The second kappa shape index (κ2) is 9.80. The van der Waals surface area contributed by atoms with E-state index in [1.165, 1.54) is 36.4 Å². The number of nitriles is 1. The van der Waals surface area contributed by atoms with E-state index in [1.807, 2.05) is 6.07 Å². The van der Waals surface area contributed by atoms with Gasteiger partial charge in [-0.2, -0.15) is 14.0 Å². The van der Waals surface area contributed by atoms with Gasteiger partial charge in [-0.25, -0.2) is 8.42 Å². The Hall–Kier alpha value is -3.42. The summed E-state index contributed by atoms with van der Waals surface area (Å²) < 4.78 is 53.1. The lowest BCUT2D eigenvalue weighted by atomic mass is 10.1. The first kappa shape index (κ1) is 23.2. The lowest BCUT2D eigenvalue weighted by Crippen LogP contribution is -2.16. The number of alkyl halides is 2. The Labute approximate surface area is 188 Å². The van der Waals surface area contributed by atoms with Crippen molar-refractivity contribution in [3.63, 3.8) is 0 Å².